The van der Waals surface area contributed by atoms with Crippen LogP contribution in [0.25, 0.3) is 22.2 Å². The summed E-state index contributed by atoms with van der Waals surface area (Å²) in [6.45, 7) is 1.82. The van der Waals surface area contributed by atoms with Crippen molar-refractivity contribution in [3.05, 3.63) is 36.4 Å². The van der Waals surface area contributed by atoms with E-state index < -0.39 is 0 Å². The highest BCUT2D eigenvalue weighted by molar-refractivity contribution is 6.64. The zero-order chi connectivity index (χ0) is 25.4. The van der Waals surface area contributed by atoms with Gasteiger partial charge in [0.25, 0.3) is 0 Å². The average molecular weight is 464 g/mol. The second kappa shape index (κ2) is 9.92. The number of nitrogens with one attached hydrogen (secondary N) is 2. The summed E-state index contributed by atoms with van der Waals surface area (Å²) in [7, 11) is 13.8. The van der Waals surface area contributed by atoms with Crippen molar-refractivity contribution in [3.8, 4) is 11.3 Å². The van der Waals surface area contributed by atoms with Gasteiger partial charge in [0.05, 0.1) is 58.8 Å². The standard InChI is InChI=1S/C22H33B6N5O2/c1-11-29-10-17(35-11)13-4-7-16-14(8-13)9-18(33-32-16)31-19(34)12-2-5-15(6-3-12)30-20(21(23,24)25)22(26,27)28/h4,7-10,12,15,20,30H,2-3,5-6,23-28H2,1H3,(H,31,33,34)/t12-,15-. The molecule has 0 atom stereocenters. The molecule has 0 radical (unpaired) electrons. The van der Waals surface area contributed by atoms with E-state index in [9.17, 15) is 4.79 Å². The molecule has 1 aliphatic rings. The Morgan fingerprint density at radius 2 is 1.71 bits per heavy atom. The van der Waals surface area contributed by atoms with Crippen LogP contribution < -0.4 is 10.6 Å². The molecular formula is C22H33B6N5O2. The van der Waals surface area contributed by atoms with Gasteiger partial charge in [0.1, 0.15) is 0 Å². The van der Waals surface area contributed by atoms with E-state index in [0.717, 1.165) is 42.1 Å². The van der Waals surface area contributed by atoms with Gasteiger partial charge in [0.2, 0.25) is 5.91 Å². The van der Waals surface area contributed by atoms with Gasteiger partial charge in [0, 0.05) is 29.8 Å². The summed E-state index contributed by atoms with van der Waals surface area (Å²) < 4.78 is 5.64. The van der Waals surface area contributed by atoms with Gasteiger partial charge in [-0.1, -0.05) is 10.2 Å². The van der Waals surface area contributed by atoms with Crippen LogP contribution in [-0.2, 0) is 4.79 Å². The smallest absolute Gasteiger partial charge is 0.228 e. The van der Waals surface area contributed by atoms with Crippen molar-refractivity contribution in [2.75, 3.05) is 5.32 Å². The van der Waals surface area contributed by atoms with Crippen LogP contribution in [0.3, 0.4) is 0 Å². The van der Waals surface area contributed by atoms with Crippen LogP contribution in [0.1, 0.15) is 31.6 Å². The Morgan fingerprint density at radius 1 is 1.03 bits per heavy atom. The van der Waals surface area contributed by atoms with Gasteiger partial charge in [-0.15, -0.1) is 10.2 Å². The van der Waals surface area contributed by atoms with E-state index in [1.807, 2.05) is 31.2 Å². The fraction of sp³-hybridized carbons (Fsp3) is 0.455. The summed E-state index contributed by atoms with van der Waals surface area (Å²) in [4.78, 5) is 17.2. The Labute approximate surface area is 213 Å². The molecule has 13 heteroatoms. The molecule has 1 amide bonds. The van der Waals surface area contributed by atoms with Crippen molar-refractivity contribution < 1.29 is 9.21 Å². The number of anilines is 1. The van der Waals surface area contributed by atoms with Gasteiger partial charge in [-0.25, -0.2) is 4.98 Å². The quantitative estimate of drug-likeness (QED) is 0.393. The number of carbonyl (C=O) groups excluding carboxylic acids is 1. The van der Waals surface area contributed by atoms with E-state index >= 15 is 0 Å². The van der Waals surface area contributed by atoms with Crippen LogP contribution in [0, 0.1) is 12.8 Å². The minimum absolute atomic E-state index is 0.00299. The minimum Gasteiger partial charge on any atom is -0.441 e. The van der Waals surface area contributed by atoms with E-state index in [1.165, 1.54) is 0 Å². The molecular weight excluding hydrogens is 431 g/mol. The first-order valence-electron chi connectivity index (χ1n) is 12.7. The van der Waals surface area contributed by atoms with Gasteiger partial charge < -0.3 is 15.1 Å². The molecule has 2 N–H and O–H groups in total. The SMILES string of the molecule is BC(B)(B)C(N[C@H]1CC[C@H](C(=O)Nc2cc3cc(-c4cnc(C)o4)ccc3nn2)CC1)C(B)(B)B. The molecule has 1 fully saturated rings. The third-order valence-corrected chi connectivity index (χ3v) is 6.97. The van der Waals surface area contributed by atoms with E-state index in [1.54, 1.807) is 6.20 Å². The first-order valence-corrected chi connectivity index (χ1v) is 12.7. The average Bonchev–Trinajstić information content (AvgIpc) is 3.22. The zero-order valence-corrected chi connectivity index (χ0v) is 22.1. The molecule has 35 heavy (non-hydrogen) atoms. The maximum Gasteiger partial charge on any atom is 0.228 e. The Kier molecular flexibility index (Phi) is 7.28. The molecule has 0 unspecified atom stereocenters. The lowest BCUT2D eigenvalue weighted by Gasteiger charge is -2.45. The lowest BCUT2D eigenvalue weighted by Crippen LogP contribution is -2.55. The normalized spacial score (nSPS) is 19.1. The van der Waals surface area contributed by atoms with E-state index in [0.29, 0.717) is 29.6 Å². The van der Waals surface area contributed by atoms with Crippen LogP contribution in [0.15, 0.2) is 34.9 Å². The van der Waals surface area contributed by atoms with Crippen molar-refractivity contribution in [1.29, 1.82) is 0 Å². The van der Waals surface area contributed by atoms with Crippen LogP contribution in [0.5, 0.6) is 0 Å². The largest absolute Gasteiger partial charge is 0.441 e. The lowest BCUT2D eigenvalue weighted by molar-refractivity contribution is -0.120. The maximum absolute atomic E-state index is 13.0. The summed E-state index contributed by atoms with van der Waals surface area (Å²) >= 11 is 0. The molecule has 0 aliphatic heterocycles. The van der Waals surface area contributed by atoms with E-state index in [2.05, 4.69) is 72.9 Å². The molecule has 176 valence electrons. The number of fused-ring (bicyclic) bond motifs is 1. The molecule has 1 aromatic carbocycles. The molecule has 0 bridgehead atoms. The van der Waals surface area contributed by atoms with E-state index in [-0.39, 0.29) is 22.1 Å². The number of rotatable bonds is 7. The summed E-state index contributed by atoms with van der Waals surface area (Å²) in [5, 5.41) is 16.7. The van der Waals surface area contributed by atoms with Crippen molar-refractivity contribution in [2.24, 2.45) is 5.92 Å². The van der Waals surface area contributed by atoms with Crippen LogP contribution in [0.4, 0.5) is 5.82 Å². The monoisotopic (exact) mass is 465 g/mol. The van der Waals surface area contributed by atoms with Gasteiger partial charge in [-0.3, -0.25) is 4.79 Å². The first-order chi connectivity index (χ1) is 16.4. The van der Waals surface area contributed by atoms with Crippen molar-refractivity contribution >= 4 is 69.7 Å². The summed E-state index contributed by atoms with van der Waals surface area (Å²) in [6, 6.07) is 8.54. The summed E-state index contributed by atoms with van der Waals surface area (Å²) in [6.07, 6.45) is 5.47. The number of hydrogen-bond donors (Lipinski definition) is 2. The van der Waals surface area contributed by atoms with Crippen LogP contribution in [-0.4, -0.2) is 80.2 Å². The Hall–Kier alpha value is -2.41. The molecule has 4 rings (SSSR count). The fourth-order valence-corrected chi connectivity index (χ4v) is 5.54. The molecule has 1 aliphatic carbocycles. The third kappa shape index (κ3) is 6.24. The number of amides is 1. The second-order valence-corrected chi connectivity index (χ2v) is 12.1. The Balaban J connectivity index is 1.38. The highest BCUT2D eigenvalue weighted by Crippen LogP contribution is 2.34. The van der Waals surface area contributed by atoms with Gasteiger partial charge in [0.15, 0.2) is 17.5 Å². The zero-order valence-electron chi connectivity index (χ0n) is 22.1. The highest BCUT2D eigenvalue weighted by atomic mass is 16.4. The highest BCUT2D eigenvalue weighted by Gasteiger charge is 2.36. The maximum atomic E-state index is 13.0. The minimum atomic E-state index is -0.00299. The number of benzene rings is 1. The predicted molar refractivity (Wildman–Crippen MR) is 158 cm³/mol. The number of hydrogen-bond acceptors (Lipinski definition) is 6. The first kappa shape index (κ1) is 25.7. The van der Waals surface area contributed by atoms with Gasteiger partial charge >= 0.3 is 0 Å². The number of carbonyl (C=O) groups is 1. The molecule has 7 nitrogen and oxygen atoms in total. The lowest BCUT2D eigenvalue weighted by atomic mass is 9.27. The predicted octanol–water partition coefficient (Wildman–Crippen LogP) is -2.01. The van der Waals surface area contributed by atoms with Crippen LogP contribution >= 0.6 is 0 Å². The number of aromatic nitrogens is 3. The second-order valence-electron chi connectivity index (χ2n) is 12.1. The molecule has 2 aromatic heterocycles. The van der Waals surface area contributed by atoms with Gasteiger partial charge in [-0.2, -0.15) is 0 Å². The summed E-state index contributed by atoms with van der Waals surface area (Å²) in [5.74, 6) is 1.84. The summed E-state index contributed by atoms with van der Waals surface area (Å²) in [5.41, 5.74) is 1.68. The molecule has 2 heterocycles. The molecule has 0 spiro atoms. The molecule has 1 saturated carbocycles. The Bertz CT molecular complexity index is 1190. The van der Waals surface area contributed by atoms with E-state index in [4.69, 9.17) is 4.42 Å². The van der Waals surface area contributed by atoms with Crippen molar-refractivity contribution in [2.45, 2.75) is 54.9 Å². The molecule has 3 aromatic rings. The molecule has 0 saturated heterocycles. The van der Waals surface area contributed by atoms with Crippen LogP contribution in [0.2, 0.25) is 10.2 Å². The topological polar surface area (TPSA) is 92.9 Å². The number of nitrogens with zero attached hydrogens (tertiary/aromatic N) is 3. The van der Waals surface area contributed by atoms with Crippen molar-refractivity contribution in [3.63, 3.8) is 0 Å². The number of oxazole rings is 1. The number of aryl methyl sites for hydroxylation is 1. The van der Waals surface area contributed by atoms with Gasteiger partial charge in [-0.05, 0) is 56.0 Å². The third-order valence-electron chi connectivity index (χ3n) is 6.97. The Morgan fingerprint density at radius 3 is 2.31 bits per heavy atom. The fourth-order valence-electron chi connectivity index (χ4n) is 5.54. The van der Waals surface area contributed by atoms with Crippen molar-refractivity contribution in [1.82, 2.24) is 20.5 Å².